The Bertz CT molecular complexity index is 1380. The van der Waals surface area contributed by atoms with Crippen LogP contribution in [0.4, 0.5) is 5.69 Å². The van der Waals surface area contributed by atoms with E-state index in [0.29, 0.717) is 13.0 Å². The Morgan fingerprint density at radius 2 is 1.98 bits per heavy atom. The standard InChI is InChI=1S/C29H41N3O8S2.Na/c1-6-17-31-24-14-13-22(41-40-39-35)20-23(24)28(3,4)25(31)11-8-7-9-12-26-29(5,16-15-27(33)34)21(2)30-32(26)18-10-19-42(36,37)38;/h7-9,11-14,20-21,30H,6,10,15-19H2,1-5H3,(H2-,33,34,35,36,37,38);/q;+1/p-1. The van der Waals surface area contributed by atoms with Gasteiger partial charge < -0.3 is 19.9 Å². The Hall–Kier alpha value is -1.52. The summed E-state index contributed by atoms with van der Waals surface area (Å²) in [6.07, 6.45) is 11.2. The Morgan fingerprint density at radius 1 is 1.26 bits per heavy atom. The third-order valence-corrected chi connectivity index (χ3v) is 9.37. The number of allylic oxidation sites excluding steroid dienone is 5. The second-order valence-electron chi connectivity index (χ2n) is 11.3. The van der Waals surface area contributed by atoms with Crippen LogP contribution in [-0.4, -0.2) is 64.2 Å². The molecule has 0 spiro atoms. The fourth-order valence-corrected chi connectivity index (χ4v) is 6.51. The number of nitrogens with one attached hydrogen (secondary N) is 1. The van der Waals surface area contributed by atoms with Crippen LogP contribution in [0.25, 0.3) is 0 Å². The van der Waals surface area contributed by atoms with Gasteiger partial charge in [0.15, 0.2) is 5.71 Å². The predicted molar refractivity (Wildman–Crippen MR) is 157 cm³/mol. The molecule has 11 nitrogen and oxygen atoms in total. The summed E-state index contributed by atoms with van der Waals surface area (Å²) in [6.45, 7) is 11.5. The van der Waals surface area contributed by atoms with Gasteiger partial charge >= 0.3 is 35.5 Å². The molecule has 2 atom stereocenters. The first-order valence-corrected chi connectivity index (χ1v) is 16.2. The van der Waals surface area contributed by atoms with Crippen molar-refractivity contribution < 1.29 is 71.6 Å². The van der Waals surface area contributed by atoms with Crippen LogP contribution in [-0.2, 0) is 29.7 Å². The SMILES string of the molecule is CCC[N+]1=C(/C=C/C=C/C=C2\N(CCCS(=O)(=O)[O-])NC(C)C2(C)CCC(=O)O)C(C)(C)c2cc(SOO[O-])ccc21.[Na+]. The Morgan fingerprint density at radius 3 is 2.60 bits per heavy atom. The molecule has 0 saturated carbocycles. The second-order valence-corrected chi connectivity index (χ2v) is 13.6. The van der Waals surface area contributed by atoms with Crippen LogP contribution in [0.5, 0.6) is 0 Å². The first-order valence-electron chi connectivity index (χ1n) is 13.9. The number of rotatable bonds is 15. The van der Waals surface area contributed by atoms with Crippen LogP contribution < -0.4 is 40.2 Å². The van der Waals surface area contributed by atoms with E-state index in [1.807, 2.05) is 61.4 Å². The molecule has 0 bridgehead atoms. The van der Waals surface area contributed by atoms with Gasteiger partial charge in [0.25, 0.3) is 0 Å². The molecule has 2 N–H and O–H groups in total. The van der Waals surface area contributed by atoms with E-state index in [0.717, 1.165) is 52.6 Å². The molecule has 14 heteroatoms. The van der Waals surface area contributed by atoms with Crippen molar-refractivity contribution in [3.8, 4) is 0 Å². The fraction of sp³-hybridized carbons (Fsp3) is 0.517. The zero-order chi connectivity index (χ0) is 31.1. The maximum atomic E-state index is 11.4. The molecule has 1 saturated heterocycles. The fourth-order valence-electron chi connectivity index (χ4n) is 5.63. The Labute approximate surface area is 280 Å². The molecule has 2 aliphatic heterocycles. The molecule has 1 aromatic rings. The van der Waals surface area contributed by atoms with Gasteiger partial charge in [0.05, 0.1) is 27.6 Å². The number of carboxylic acids is 1. The zero-order valence-corrected chi connectivity index (χ0v) is 29.3. The molecule has 2 aliphatic rings. The number of hydrogen-bond acceptors (Lipinski definition) is 10. The average molecular weight is 646 g/mol. The molecule has 43 heavy (non-hydrogen) atoms. The van der Waals surface area contributed by atoms with E-state index >= 15 is 0 Å². The quantitative estimate of drug-likeness (QED) is 0.0528. The molecule has 0 amide bonds. The molecule has 2 unspecified atom stereocenters. The van der Waals surface area contributed by atoms with Crippen molar-refractivity contribution in [2.45, 2.75) is 76.7 Å². The third kappa shape index (κ3) is 9.49. The zero-order valence-electron chi connectivity index (χ0n) is 25.7. The molecule has 1 aromatic carbocycles. The van der Waals surface area contributed by atoms with Gasteiger partial charge in [-0.15, -0.1) is 0 Å². The van der Waals surface area contributed by atoms with E-state index < -0.39 is 27.3 Å². The van der Waals surface area contributed by atoms with E-state index in [4.69, 9.17) is 0 Å². The van der Waals surface area contributed by atoms with Crippen molar-refractivity contribution in [2.75, 3.05) is 18.8 Å². The van der Waals surface area contributed by atoms with Gasteiger partial charge in [-0.25, -0.2) is 13.8 Å². The van der Waals surface area contributed by atoms with E-state index in [1.54, 1.807) is 0 Å². The second kappa shape index (κ2) is 16.2. The van der Waals surface area contributed by atoms with Gasteiger partial charge in [-0.3, -0.25) is 9.83 Å². The monoisotopic (exact) mass is 645 g/mol. The summed E-state index contributed by atoms with van der Waals surface area (Å²) in [4.78, 5) is 12.1. The maximum absolute atomic E-state index is 11.4. The van der Waals surface area contributed by atoms with Crippen molar-refractivity contribution in [1.29, 1.82) is 0 Å². The summed E-state index contributed by atoms with van der Waals surface area (Å²) >= 11 is 0.865. The topological polar surface area (TPSA) is 154 Å². The first kappa shape index (κ1) is 37.7. The van der Waals surface area contributed by atoms with Gasteiger partial charge in [-0.2, -0.15) is 8.91 Å². The van der Waals surface area contributed by atoms with E-state index in [1.165, 1.54) is 0 Å². The third-order valence-electron chi connectivity index (χ3n) is 8.01. The molecule has 0 aliphatic carbocycles. The molecule has 3 rings (SSSR count). The molecule has 2 heterocycles. The maximum Gasteiger partial charge on any atom is 1.00 e. The van der Waals surface area contributed by atoms with Crippen LogP contribution in [0.2, 0.25) is 0 Å². The Kier molecular flexibility index (Phi) is 14.2. The minimum atomic E-state index is -4.33. The number of aliphatic carboxylic acids is 1. The normalized spacial score (nSPS) is 22.6. The first-order chi connectivity index (χ1) is 19.7. The Balaban J connectivity index is 0.00000645. The number of fused-ring (bicyclic) bond motifs is 1. The molecule has 0 aromatic heterocycles. The number of hydrazine groups is 1. The van der Waals surface area contributed by atoms with E-state index in [2.05, 4.69) is 46.2 Å². The summed E-state index contributed by atoms with van der Waals surface area (Å²) in [5, 5.41) is 24.9. The van der Waals surface area contributed by atoms with Crippen LogP contribution >= 0.6 is 12.0 Å². The number of nitrogens with zero attached hydrogens (tertiary/aromatic N) is 2. The molecule has 0 radical (unpaired) electrons. The van der Waals surface area contributed by atoms with Gasteiger partial charge in [-0.1, -0.05) is 32.1 Å². The minimum absolute atomic E-state index is 0. The van der Waals surface area contributed by atoms with Crippen molar-refractivity contribution in [1.82, 2.24) is 10.4 Å². The summed E-state index contributed by atoms with van der Waals surface area (Å²) in [5.74, 6) is -1.36. The summed E-state index contributed by atoms with van der Waals surface area (Å²) in [6, 6.07) is 5.81. The van der Waals surface area contributed by atoms with E-state index in [-0.39, 0.29) is 53.9 Å². The molecule has 1 fully saturated rings. The van der Waals surface area contributed by atoms with Crippen LogP contribution in [0.15, 0.2) is 59.2 Å². The number of carbonyl (C=O) groups is 1. The van der Waals surface area contributed by atoms with Gasteiger partial charge in [-0.05, 0) is 51.8 Å². The van der Waals surface area contributed by atoms with Crippen LogP contribution in [0.1, 0.15) is 65.9 Å². The van der Waals surface area contributed by atoms with Gasteiger partial charge in [0.2, 0.25) is 5.69 Å². The van der Waals surface area contributed by atoms with Gasteiger partial charge in [0.1, 0.15) is 6.54 Å². The summed E-state index contributed by atoms with van der Waals surface area (Å²) < 4.78 is 40.2. The summed E-state index contributed by atoms with van der Waals surface area (Å²) in [5.41, 5.74) is 6.65. The molecular formula is C29H40N3NaO8S2. The predicted octanol–water partition coefficient (Wildman–Crippen LogP) is 0.719. The molecular weight excluding hydrogens is 605 g/mol. The average Bonchev–Trinajstić information content (AvgIpc) is 3.27. The minimum Gasteiger partial charge on any atom is -0.748 e. The van der Waals surface area contributed by atoms with Gasteiger partial charge in [0, 0.05) is 64.9 Å². The number of hydrogen-bond donors (Lipinski definition) is 2. The number of carboxylic acid groups (broad SMARTS) is 1. The smallest absolute Gasteiger partial charge is 0.748 e. The van der Waals surface area contributed by atoms with Crippen LogP contribution in [0.3, 0.4) is 0 Å². The van der Waals surface area contributed by atoms with Crippen molar-refractivity contribution in [3.05, 3.63) is 59.8 Å². The van der Waals surface area contributed by atoms with Crippen molar-refractivity contribution >= 4 is 39.5 Å². The largest absolute Gasteiger partial charge is 1.00 e. The summed E-state index contributed by atoms with van der Waals surface area (Å²) in [7, 11) is -4.33. The number of benzene rings is 1. The van der Waals surface area contributed by atoms with E-state index in [9.17, 15) is 28.1 Å². The van der Waals surface area contributed by atoms with Crippen molar-refractivity contribution in [2.24, 2.45) is 5.41 Å². The van der Waals surface area contributed by atoms with Crippen LogP contribution in [0, 0.1) is 5.41 Å². The molecule has 232 valence electrons. The van der Waals surface area contributed by atoms with Crippen molar-refractivity contribution in [3.63, 3.8) is 0 Å².